The second-order valence-electron chi connectivity index (χ2n) is 6.57. The summed E-state index contributed by atoms with van der Waals surface area (Å²) in [6.45, 7) is 0.833. The largest absolute Gasteiger partial charge is 0.408 e. The lowest BCUT2D eigenvalue weighted by atomic mass is 10.2. The summed E-state index contributed by atoms with van der Waals surface area (Å²) in [5, 5.41) is 7.96. The molecule has 0 aliphatic carbocycles. The number of aromatic nitrogens is 2. The lowest BCUT2D eigenvalue weighted by Crippen LogP contribution is -2.44. The maximum atomic E-state index is 13.3. The molecule has 3 amide bonds. The topological polar surface area (TPSA) is 79.3 Å². The van der Waals surface area contributed by atoms with E-state index in [1.807, 2.05) is 5.32 Å². The van der Waals surface area contributed by atoms with E-state index in [1.165, 1.54) is 9.58 Å². The van der Waals surface area contributed by atoms with Gasteiger partial charge < -0.3 is 15.5 Å². The fourth-order valence-electron chi connectivity index (χ4n) is 2.79. The van der Waals surface area contributed by atoms with Gasteiger partial charge in [0.2, 0.25) is 0 Å². The molecular weight excluding hydrogens is 420 g/mol. The Labute approximate surface area is 165 Å². The average molecular weight is 435 g/mol. The van der Waals surface area contributed by atoms with Gasteiger partial charge in [-0.2, -0.15) is 18.3 Å². The first kappa shape index (κ1) is 21.5. The molecule has 2 aromatic rings. The number of hydrogen-bond donors (Lipinski definition) is 2. The Hall–Kier alpha value is -3.25. The Bertz CT molecular complexity index is 966. The van der Waals surface area contributed by atoms with E-state index in [0.717, 1.165) is 13.1 Å². The number of carbonyl (C=O) groups is 2. The number of anilines is 1. The lowest BCUT2D eigenvalue weighted by Gasteiger charge is -2.28. The molecule has 0 radical (unpaired) electrons. The van der Waals surface area contributed by atoms with Gasteiger partial charge in [0.05, 0.1) is 30.5 Å². The molecular formula is C17H15F6N5O2. The van der Waals surface area contributed by atoms with E-state index < -0.39 is 41.6 Å². The number of amides is 3. The van der Waals surface area contributed by atoms with Crippen LogP contribution < -0.4 is 10.6 Å². The van der Waals surface area contributed by atoms with Gasteiger partial charge in [-0.25, -0.2) is 18.0 Å². The molecule has 1 aromatic carbocycles. The number of rotatable bonds is 3. The molecule has 0 saturated carbocycles. The van der Waals surface area contributed by atoms with Gasteiger partial charge in [0.15, 0.2) is 17.5 Å². The summed E-state index contributed by atoms with van der Waals surface area (Å²) in [6.07, 6.45) is -3.53. The van der Waals surface area contributed by atoms with E-state index in [0.29, 0.717) is 12.1 Å². The van der Waals surface area contributed by atoms with Crippen LogP contribution in [-0.2, 0) is 13.1 Å². The SMILES string of the molecule is CC(NC(=O)c1cnn2c1CN(C(=O)Nc1cc(F)c(F)c(F)c1)CC2)C(F)(F)F. The van der Waals surface area contributed by atoms with Crippen molar-refractivity contribution in [3.8, 4) is 0 Å². The van der Waals surface area contributed by atoms with Gasteiger partial charge in [-0.15, -0.1) is 0 Å². The zero-order chi connectivity index (χ0) is 22.2. The van der Waals surface area contributed by atoms with Crippen molar-refractivity contribution in [2.24, 2.45) is 0 Å². The maximum absolute atomic E-state index is 13.3. The summed E-state index contributed by atoms with van der Waals surface area (Å²) in [5.74, 6) is -5.66. The fraction of sp³-hybridized carbons (Fsp3) is 0.353. The summed E-state index contributed by atoms with van der Waals surface area (Å²) >= 11 is 0. The number of benzene rings is 1. The molecule has 1 aromatic heterocycles. The van der Waals surface area contributed by atoms with Crippen LogP contribution in [0.3, 0.4) is 0 Å². The van der Waals surface area contributed by atoms with Crippen LogP contribution in [0.2, 0.25) is 0 Å². The first-order chi connectivity index (χ1) is 14.0. The summed E-state index contributed by atoms with van der Waals surface area (Å²) in [6, 6.07) is -1.70. The van der Waals surface area contributed by atoms with Crippen LogP contribution in [0.4, 0.5) is 36.8 Å². The van der Waals surface area contributed by atoms with Crippen molar-refractivity contribution in [1.29, 1.82) is 0 Å². The first-order valence-electron chi connectivity index (χ1n) is 8.60. The number of alkyl halides is 3. The van der Waals surface area contributed by atoms with Gasteiger partial charge in [0, 0.05) is 24.4 Å². The molecule has 0 bridgehead atoms. The third-order valence-corrected chi connectivity index (χ3v) is 4.48. The monoisotopic (exact) mass is 435 g/mol. The normalized spacial score (nSPS) is 14.8. The van der Waals surface area contributed by atoms with E-state index >= 15 is 0 Å². The molecule has 0 fully saturated rings. The van der Waals surface area contributed by atoms with E-state index in [1.54, 1.807) is 0 Å². The van der Waals surface area contributed by atoms with Crippen LogP contribution in [0.25, 0.3) is 0 Å². The summed E-state index contributed by atoms with van der Waals surface area (Å²) < 4.78 is 79.0. The van der Waals surface area contributed by atoms with Crippen molar-refractivity contribution in [2.75, 3.05) is 11.9 Å². The first-order valence-corrected chi connectivity index (χ1v) is 8.60. The predicted octanol–water partition coefficient (Wildman–Crippen LogP) is 3.03. The van der Waals surface area contributed by atoms with Gasteiger partial charge in [-0.3, -0.25) is 9.48 Å². The molecule has 1 aliphatic rings. The summed E-state index contributed by atoms with van der Waals surface area (Å²) in [7, 11) is 0. The molecule has 1 aliphatic heterocycles. The number of halogens is 6. The van der Waals surface area contributed by atoms with Crippen LogP contribution >= 0.6 is 0 Å². The van der Waals surface area contributed by atoms with Gasteiger partial charge in [0.25, 0.3) is 5.91 Å². The van der Waals surface area contributed by atoms with Crippen molar-refractivity contribution in [3.05, 3.63) is 47.0 Å². The second-order valence-corrected chi connectivity index (χ2v) is 6.57. The second kappa shape index (κ2) is 7.88. The molecule has 30 heavy (non-hydrogen) atoms. The lowest BCUT2D eigenvalue weighted by molar-refractivity contribution is -0.149. The van der Waals surface area contributed by atoms with Gasteiger partial charge >= 0.3 is 12.2 Å². The number of urea groups is 1. The molecule has 2 N–H and O–H groups in total. The molecule has 0 saturated heterocycles. The Kier molecular flexibility index (Phi) is 5.63. The molecule has 13 heteroatoms. The minimum Gasteiger partial charge on any atom is -0.340 e. The molecule has 162 valence electrons. The van der Waals surface area contributed by atoms with Crippen molar-refractivity contribution in [3.63, 3.8) is 0 Å². The van der Waals surface area contributed by atoms with Crippen molar-refractivity contribution in [2.45, 2.75) is 32.2 Å². The Morgan fingerprint density at radius 1 is 1.13 bits per heavy atom. The zero-order valence-corrected chi connectivity index (χ0v) is 15.4. The predicted molar refractivity (Wildman–Crippen MR) is 91.0 cm³/mol. The number of nitrogens with one attached hydrogen (secondary N) is 2. The number of carbonyl (C=O) groups excluding carboxylic acids is 2. The Balaban J connectivity index is 1.73. The van der Waals surface area contributed by atoms with E-state index in [2.05, 4.69) is 10.4 Å². The maximum Gasteiger partial charge on any atom is 0.408 e. The fourth-order valence-corrected chi connectivity index (χ4v) is 2.79. The highest BCUT2D eigenvalue weighted by molar-refractivity contribution is 5.95. The number of nitrogens with zero attached hydrogens (tertiary/aromatic N) is 3. The molecule has 2 heterocycles. The smallest absolute Gasteiger partial charge is 0.340 e. The van der Waals surface area contributed by atoms with Crippen molar-refractivity contribution in [1.82, 2.24) is 20.0 Å². The van der Waals surface area contributed by atoms with Gasteiger partial charge in [0.1, 0.15) is 6.04 Å². The number of fused-ring (bicyclic) bond motifs is 1. The zero-order valence-electron chi connectivity index (χ0n) is 15.4. The highest BCUT2D eigenvalue weighted by Crippen LogP contribution is 2.22. The Morgan fingerprint density at radius 3 is 2.37 bits per heavy atom. The minimum absolute atomic E-state index is 0.104. The van der Waals surface area contributed by atoms with Gasteiger partial charge in [-0.05, 0) is 6.92 Å². The Morgan fingerprint density at radius 2 is 1.77 bits per heavy atom. The van der Waals surface area contributed by atoms with Crippen molar-refractivity contribution >= 4 is 17.6 Å². The third kappa shape index (κ3) is 4.33. The van der Waals surface area contributed by atoms with Gasteiger partial charge in [-0.1, -0.05) is 0 Å². The average Bonchev–Trinajstić information content (AvgIpc) is 3.08. The van der Waals surface area contributed by atoms with Crippen LogP contribution in [0, 0.1) is 17.5 Å². The standard InChI is InChI=1S/C17H15F6N5O2/c1-8(17(21,22)23)25-15(29)10-6-24-28-3-2-27(7-13(10)28)16(30)26-9-4-11(18)14(20)12(19)5-9/h4-6,8H,2-3,7H2,1H3,(H,25,29)(H,26,30). The van der Waals surface area contributed by atoms with E-state index in [9.17, 15) is 35.9 Å². The van der Waals surface area contributed by atoms with Crippen molar-refractivity contribution < 1.29 is 35.9 Å². The summed E-state index contributed by atoms with van der Waals surface area (Å²) in [5.41, 5.74) is -0.269. The molecule has 1 atom stereocenters. The molecule has 3 rings (SSSR count). The van der Waals surface area contributed by atoms with Crippen LogP contribution in [0.15, 0.2) is 18.3 Å². The number of hydrogen-bond acceptors (Lipinski definition) is 3. The van der Waals surface area contributed by atoms with Crippen LogP contribution in [0.5, 0.6) is 0 Å². The highest BCUT2D eigenvalue weighted by atomic mass is 19.4. The van der Waals surface area contributed by atoms with E-state index in [-0.39, 0.29) is 36.6 Å². The van der Waals surface area contributed by atoms with Crippen LogP contribution in [-0.4, -0.2) is 45.4 Å². The third-order valence-electron chi connectivity index (χ3n) is 4.48. The van der Waals surface area contributed by atoms with Crippen LogP contribution in [0.1, 0.15) is 23.0 Å². The molecule has 7 nitrogen and oxygen atoms in total. The summed E-state index contributed by atoms with van der Waals surface area (Å²) in [4.78, 5) is 25.8. The van der Waals surface area contributed by atoms with E-state index in [4.69, 9.17) is 0 Å². The quantitative estimate of drug-likeness (QED) is 0.575. The minimum atomic E-state index is -4.63. The molecule has 1 unspecified atom stereocenters. The highest BCUT2D eigenvalue weighted by Gasteiger charge is 2.38. The molecule has 0 spiro atoms.